The fourth-order valence-corrected chi connectivity index (χ4v) is 1.75. The van der Waals surface area contributed by atoms with Gasteiger partial charge in [-0.3, -0.25) is 4.79 Å². The van der Waals surface area contributed by atoms with Crippen molar-refractivity contribution in [1.82, 2.24) is 10.2 Å². The van der Waals surface area contributed by atoms with Gasteiger partial charge in [0.2, 0.25) is 0 Å². The summed E-state index contributed by atoms with van der Waals surface area (Å²) in [7, 11) is 0. The van der Waals surface area contributed by atoms with Crippen LogP contribution in [-0.4, -0.2) is 16.0 Å². The molecule has 5 heteroatoms. The number of halogens is 2. The van der Waals surface area contributed by atoms with Crippen molar-refractivity contribution in [3.63, 3.8) is 0 Å². The van der Waals surface area contributed by atoms with E-state index in [1.807, 2.05) is 0 Å². The Morgan fingerprint density at radius 3 is 2.37 bits per heavy atom. The van der Waals surface area contributed by atoms with E-state index in [0.717, 1.165) is 0 Å². The van der Waals surface area contributed by atoms with Gasteiger partial charge in [0.1, 0.15) is 0 Å². The molecule has 0 saturated heterocycles. The zero-order valence-corrected chi connectivity index (χ0v) is 10.8. The van der Waals surface area contributed by atoms with Gasteiger partial charge < -0.3 is 0 Å². The predicted octanol–water partition coefficient (Wildman–Crippen LogP) is 2.91. The highest BCUT2D eigenvalue weighted by molar-refractivity contribution is 6.09. The molecule has 0 fully saturated rings. The Morgan fingerprint density at radius 1 is 1.00 bits per heavy atom. The molecule has 0 aliphatic rings. The normalized spacial score (nSPS) is 10.6. The van der Waals surface area contributed by atoms with Gasteiger partial charge in [0.05, 0.1) is 17.0 Å². The van der Waals surface area contributed by atoms with E-state index in [1.54, 1.807) is 13.8 Å². The molecule has 0 saturated carbocycles. The molecule has 0 aliphatic heterocycles. The Hall–Kier alpha value is -2.17. The van der Waals surface area contributed by atoms with Crippen LogP contribution in [0.3, 0.4) is 0 Å². The van der Waals surface area contributed by atoms with Crippen LogP contribution in [0.5, 0.6) is 0 Å². The van der Waals surface area contributed by atoms with Gasteiger partial charge in [-0.2, -0.15) is 10.2 Å². The molecule has 1 aromatic heterocycles. The fourth-order valence-electron chi connectivity index (χ4n) is 1.75. The average molecular weight is 262 g/mol. The summed E-state index contributed by atoms with van der Waals surface area (Å²) in [5.41, 5.74) is 1.03. The first-order chi connectivity index (χ1) is 8.91. The van der Waals surface area contributed by atoms with Crippen LogP contribution in [0.1, 0.15) is 32.9 Å². The largest absolute Gasteiger partial charge is 0.288 e. The molecule has 0 unspecified atom stereocenters. The lowest BCUT2D eigenvalue weighted by Crippen LogP contribution is -2.10. The minimum atomic E-state index is -1.13. The van der Waals surface area contributed by atoms with E-state index >= 15 is 0 Å². The molecule has 2 aromatic rings. The number of aryl methyl sites for hydroxylation is 3. The second-order valence-electron chi connectivity index (χ2n) is 4.37. The summed E-state index contributed by atoms with van der Waals surface area (Å²) in [4.78, 5) is 12.2. The van der Waals surface area contributed by atoms with E-state index in [9.17, 15) is 13.6 Å². The number of aromatic nitrogens is 2. The Kier molecular flexibility index (Phi) is 3.38. The van der Waals surface area contributed by atoms with Crippen LogP contribution in [0.4, 0.5) is 8.78 Å². The van der Waals surface area contributed by atoms with Crippen LogP contribution in [0.25, 0.3) is 0 Å². The van der Waals surface area contributed by atoms with Crippen molar-refractivity contribution in [3.8, 4) is 0 Å². The number of benzene rings is 1. The summed E-state index contributed by atoms with van der Waals surface area (Å²) >= 11 is 0. The third-order valence-corrected chi connectivity index (χ3v) is 2.87. The Labute approximate surface area is 109 Å². The summed E-state index contributed by atoms with van der Waals surface area (Å²) in [6.07, 6.45) is 0. The lowest BCUT2D eigenvalue weighted by Gasteiger charge is -2.07. The van der Waals surface area contributed by atoms with Crippen molar-refractivity contribution in [2.45, 2.75) is 20.8 Å². The molecule has 0 bridgehead atoms. The van der Waals surface area contributed by atoms with Gasteiger partial charge in [-0.15, -0.1) is 0 Å². The van der Waals surface area contributed by atoms with E-state index in [4.69, 9.17) is 0 Å². The molecule has 0 spiro atoms. The molecule has 3 nitrogen and oxygen atoms in total. The third kappa shape index (κ3) is 2.36. The molecule has 19 heavy (non-hydrogen) atoms. The molecule has 0 aliphatic carbocycles. The number of ketones is 1. The quantitative estimate of drug-likeness (QED) is 0.781. The molecule has 0 amide bonds. The van der Waals surface area contributed by atoms with Crippen molar-refractivity contribution in [1.29, 1.82) is 0 Å². The van der Waals surface area contributed by atoms with Gasteiger partial charge in [0.25, 0.3) is 0 Å². The maximum Gasteiger partial charge on any atom is 0.198 e. The minimum absolute atomic E-state index is 0.162. The summed E-state index contributed by atoms with van der Waals surface area (Å²) in [5, 5.41) is 7.61. The Bertz CT molecular complexity index is 669. The Balaban J connectivity index is 2.56. The molecule has 98 valence electrons. The number of carbonyl (C=O) groups is 1. The molecule has 0 radical (unpaired) electrons. The monoisotopic (exact) mass is 262 g/mol. The van der Waals surface area contributed by atoms with Crippen molar-refractivity contribution < 1.29 is 13.6 Å². The van der Waals surface area contributed by atoms with Crippen LogP contribution in [0, 0.1) is 32.4 Å². The highest BCUT2D eigenvalue weighted by Crippen LogP contribution is 2.20. The first-order valence-electron chi connectivity index (χ1n) is 5.72. The van der Waals surface area contributed by atoms with Crippen LogP contribution in [-0.2, 0) is 0 Å². The van der Waals surface area contributed by atoms with E-state index in [2.05, 4.69) is 10.2 Å². The zero-order valence-electron chi connectivity index (χ0n) is 10.8. The van der Waals surface area contributed by atoms with E-state index in [0.29, 0.717) is 11.4 Å². The maximum atomic E-state index is 13.8. The molecular weight excluding hydrogens is 250 g/mol. The zero-order chi connectivity index (χ0) is 14.2. The van der Waals surface area contributed by atoms with Crippen molar-refractivity contribution in [3.05, 3.63) is 57.9 Å². The van der Waals surface area contributed by atoms with E-state index in [1.165, 1.54) is 25.1 Å². The summed E-state index contributed by atoms with van der Waals surface area (Å²) in [5.74, 6) is -2.71. The second-order valence-corrected chi connectivity index (χ2v) is 4.37. The van der Waals surface area contributed by atoms with Gasteiger partial charge in [-0.05, 0) is 38.5 Å². The van der Waals surface area contributed by atoms with Crippen LogP contribution in [0.2, 0.25) is 0 Å². The van der Waals surface area contributed by atoms with Gasteiger partial charge in [0.15, 0.2) is 17.4 Å². The maximum absolute atomic E-state index is 13.8. The first kappa shape index (κ1) is 13.3. The van der Waals surface area contributed by atoms with Gasteiger partial charge in [0, 0.05) is 5.56 Å². The van der Waals surface area contributed by atoms with Crippen LogP contribution in [0.15, 0.2) is 18.2 Å². The predicted molar refractivity (Wildman–Crippen MR) is 66.0 cm³/mol. The molecule has 0 N–H and O–H groups in total. The number of carbonyl (C=O) groups excluding carboxylic acids is 1. The SMILES string of the molecule is Cc1cc(C(=O)c2ccc(C)c(F)c2F)c(C)nn1. The number of hydrogen-bond donors (Lipinski definition) is 0. The van der Waals surface area contributed by atoms with Crippen molar-refractivity contribution >= 4 is 5.78 Å². The molecule has 2 rings (SSSR count). The topological polar surface area (TPSA) is 42.9 Å². The highest BCUT2D eigenvalue weighted by atomic mass is 19.2. The molecule has 0 atom stereocenters. The molecule has 1 aromatic carbocycles. The van der Waals surface area contributed by atoms with Crippen LogP contribution >= 0.6 is 0 Å². The average Bonchev–Trinajstić information content (AvgIpc) is 2.38. The number of rotatable bonds is 2. The number of hydrogen-bond acceptors (Lipinski definition) is 3. The highest BCUT2D eigenvalue weighted by Gasteiger charge is 2.20. The summed E-state index contributed by atoms with van der Waals surface area (Å²) < 4.78 is 27.3. The minimum Gasteiger partial charge on any atom is -0.288 e. The second kappa shape index (κ2) is 4.84. The standard InChI is InChI=1S/C14H12F2N2O/c1-7-4-5-10(13(16)12(7)15)14(19)11-6-8(2)17-18-9(11)3/h4-6H,1-3H3. The molecule has 1 heterocycles. The van der Waals surface area contributed by atoms with Crippen LogP contribution < -0.4 is 0 Å². The first-order valence-corrected chi connectivity index (χ1v) is 5.72. The van der Waals surface area contributed by atoms with Crippen molar-refractivity contribution in [2.75, 3.05) is 0 Å². The number of nitrogens with zero attached hydrogens (tertiary/aromatic N) is 2. The van der Waals surface area contributed by atoms with E-state index < -0.39 is 17.4 Å². The fraction of sp³-hybridized carbons (Fsp3) is 0.214. The smallest absolute Gasteiger partial charge is 0.198 e. The van der Waals surface area contributed by atoms with Gasteiger partial charge >= 0.3 is 0 Å². The van der Waals surface area contributed by atoms with Crippen molar-refractivity contribution in [2.24, 2.45) is 0 Å². The lowest BCUT2D eigenvalue weighted by molar-refractivity contribution is 0.103. The third-order valence-electron chi connectivity index (χ3n) is 2.87. The Morgan fingerprint density at radius 2 is 1.68 bits per heavy atom. The lowest BCUT2D eigenvalue weighted by atomic mass is 10.00. The van der Waals surface area contributed by atoms with E-state index in [-0.39, 0.29) is 16.7 Å². The summed E-state index contributed by atoms with van der Waals surface area (Å²) in [6.45, 7) is 4.72. The van der Waals surface area contributed by atoms with Gasteiger partial charge in [-0.1, -0.05) is 6.07 Å². The molecular formula is C14H12F2N2O. The van der Waals surface area contributed by atoms with Gasteiger partial charge in [-0.25, -0.2) is 8.78 Å². The summed E-state index contributed by atoms with van der Waals surface area (Å²) in [6, 6.07) is 4.18.